The van der Waals surface area contributed by atoms with Gasteiger partial charge in [-0.1, -0.05) is 76.6 Å². The normalized spacial score (nSPS) is 16.3. The van der Waals surface area contributed by atoms with Crippen molar-refractivity contribution in [1.82, 2.24) is 0 Å². The molecule has 0 N–H and O–H groups in total. The summed E-state index contributed by atoms with van der Waals surface area (Å²) >= 11 is 3.38. The zero-order valence-electron chi connectivity index (χ0n) is 14.2. The molecular formula is C22H15BrN2O2. The Bertz CT molecular complexity index is 1030. The molecule has 1 unspecified atom stereocenters. The van der Waals surface area contributed by atoms with Gasteiger partial charge in [0.2, 0.25) is 0 Å². The molecule has 132 valence electrons. The number of amides is 1. The number of anilines is 1. The van der Waals surface area contributed by atoms with E-state index >= 15 is 0 Å². The van der Waals surface area contributed by atoms with Crippen LogP contribution in [-0.4, -0.2) is 17.4 Å². The third kappa shape index (κ3) is 3.34. The van der Waals surface area contributed by atoms with Crippen LogP contribution in [0.4, 0.5) is 5.69 Å². The van der Waals surface area contributed by atoms with Gasteiger partial charge in [0.05, 0.1) is 11.4 Å². The zero-order chi connectivity index (χ0) is 18.8. The van der Waals surface area contributed by atoms with Crippen molar-refractivity contribution >= 4 is 39.0 Å². The molecule has 1 heterocycles. The van der Waals surface area contributed by atoms with Gasteiger partial charge in [-0.3, -0.25) is 9.59 Å². The Morgan fingerprint density at radius 1 is 0.889 bits per heavy atom. The van der Waals surface area contributed by atoms with Gasteiger partial charge in [0, 0.05) is 10.0 Å². The minimum atomic E-state index is -0.970. The number of ketones is 1. The van der Waals surface area contributed by atoms with E-state index in [9.17, 15) is 9.59 Å². The van der Waals surface area contributed by atoms with E-state index in [1.54, 1.807) is 30.3 Å². The SMILES string of the molecule is O=C(c1cccc(Br)c1)C1C(=O)N(c2ccccc2)N=C1c1ccccc1. The minimum absolute atomic E-state index is 0.262. The van der Waals surface area contributed by atoms with Crippen molar-refractivity contribution in [1.29, 1.82) is 0 Å². The van der Waals surface area contributed by atoms with E-state index in [2.05, 4.69) is 21.0 Å². The molecule has 4 rings (SSSR count). The molecule has 1 aliphatic rings. The highest BCUT2D eigenvalue weighted by atomic mass is 79.9. The average Bonchev–Trinajstić information content (AvgIpc) is 3.06. The smallest absolute Gasteiger partial charge is 0.264 e. The summed E-state index contributed by atoms with van der Waals surface area (Å²) in [5.41, 5.74) is 2.34. The lowest BCUT2D eigenvalue weighted by Crippen LogP contribution is -2.33. The molecule has 0 fully saturated rings. The molecule has 27 heavy (non-hydrogen) atoms. The first kappa shape index (κ1) is 17.4. The predicted octanol–water partition coefficient (Wildman–Crippen LogP) is 4.70. The predicted molar refractivity (Wildman–Crippen MR) is 109 cm³/mol. The van der Waals surface area contributed by atoms with Gasteiger partial charge < -0.3 is 0 Å². The standard InChI is InChI=1S/C22H15BrN2O2/c23-17-11-7-10-16(14-17)21(26)19-20(15-8-3-1-4-9-15)24-25(22(19)27)18-12-5-2-6-13-18/h1-14,19H. The number of halogens is 1. The molecule has 0 saturated carbocycles. The highest BCUT2D eigenvalue weighted by Gasteiger charge is 2.42. The van der Waals surface area contributed by atoms with Gasteiger partial charge in [0.1, 0.15) is 5.92 Å². The van der Waals surface area contributed by atoms with E-state index in [0.29, 0.717) is 17.0 Å². The lowest BCUT2D eigenvalue weighted by Gasteiger charge is -2.14. The fourth-order valence-corrected chi connectivity index (χ4v) is 3.49. The minimum Gasteiger partial charge on any atom is -0.293 e. The van der Waals surface area contributed by atoms with Crippen molar-refractivity contribution in [2.75, 3.05) is 5.01 Å². The maximum absolute atomic E-state index is 13.2. The third-order valence-electron chi connectivity index (χ3n) is 4.38. The van der Waals surface area contributed by atoms with Crippen molar-refractivity contribution in [2.45, 2.75) is 0 Å². The lowest BCUT2D eigenvalue weighted by molar-refractivity contribution is -0.118. The zero-order valence-corrected chi connectivity index (χ0v) is 15.8. The molecule has 1 atom stereocenters. The maximum Gasteiger partial charge on any atom is 0.264 e. The third-order valence-corrected chi connectivity index (χ3v) is 4.87. The van der Waals surface area contributed by atoms with Crippen molar-refractivity contribution < 1.29 is 9.59 Å². The number of hydrogen-bond acceptors (Lipinski definition) is 3. The first-order valence-corrected chi connectivity index (χ1v) is 9.27. The van der Waals surface area contributed by atoms with Crippen LogP contribution >= 0.6 is 15.9 Å². The number of rotatable bonds is 4. The van der Waals surface area contributed by atoms with Gasteiger partial charge >= 0.3 is 0 Å². The second kappa shape index (κ2) is 7.29. The quantitative estimate of drug-likeness (QED) is 0.455. The number of hydrazone groups is 1. The lowest BCUT2D eigenvalue weighted by atomic mass is 9.89. The van der Waals surface area contributed by atoms with Crippen molar-refractivity contribution in [3.8, 4) is 0 Å². The van der Waals surface area contributed by atoms with Gasteiger partial charge in [-0.15, -0.1) is 0 Å². The average molecular weight is 419 g/mol. The van der Waals surface area contributed by atoms with Crippen LogP contribution in [0.1, 0.15) is 15.9 Å². The van der Waals surface area contributed by atoms with E-state index in [1.807, 2.05) is 54.6 Å². The summed E-state index contributed by atoms with van der Waals surface area (Å²) in [4.78, 5) is 26.4. The summed E-state index contributed by atoms with van der Waals surface area (Å²) in [5, 5.41) is 5.85. The second-order valence-corrected chi connectivity index (χ2v) is 7.06. The molecule has 0 aromatic heterocycles. The van der Waals surface area contributed by atoms with Gasteiger partial charge in [-0.25, -0.2) is 0 Å². The maximum atomic E-state index is 13.2. The topological polar surface area (TPSA) is 49.7 Å². The second-order valence-electron chi connectivity index (χ2n) is 6.14. The van der Waals surface area contributed by atoms with Crippen LogP contribution in [0.15, 0.2) is 94.5 Å². The summed E-state index contributed by atoms with van der Waals surface area (Å²) in [6.07, 6.45) is 0. The Balaban J connectivity index is 1.80. The molecular weight excluding hydrogens is 404 g/mol. The van der Waals surface area contributed by atoms with Gasteiger partial charge in [0.25, 0.3) is 5.91 Å². The van der Waals surface area contributed by atoms with Crippen LogP contribution in [0.5, 0.6) is 0 Å². The Morgan fingerprint density at radius 2 is 1.56 bits per heavy atom. The van der Waals surface area contributed by atoms with E-state index in [0.717, 1.165) is 10.0 Å². The van der Waals surface area contributed by atoms with Crippen molar-refractivity contribution in [2.24, 2.45) is 11.0 Å². The molecule has 0 saturated heterocycles. The van der Waals surface area contributed by atoms with Crippen LogP contribution in [0.2, 0.25) is 0 Å². The molecule has 3 aromatic rings. The van der Waals surface area contributed by atoms with Crippen molar-refractivity contribution in [3.05, 3.63) is 101 Å². The largest absolute Gasteiger partial charge is 0.293 e. The molecule has 0 spiro atoms. The number of hydrogen-bond donors (Lipinski definition) is 0. The molecule has 0 bridgehead atoms. The summed E-state index contributed by atoms with van der Waals surface area (Å²) in [7, 11) is 0. The Labute approximate surface area is 165 Å². The van der Waals surface area contributed by atoms with E-state index in [-0.39, 0.29) is 11.7 Å². The Kier molecular flexibility index (Phi) is 4.69. The monoisotopic (exact) mass is 418 g/mol. The number of Topliss-reactive ketones (excluding diaryl/α,β-unsaturated/α-hetero) is 1. The van der Waals surface area contributed by atoms with Crippen LogP contribution in [-0.2, 0) is 4.79 Å². The molecule has 5 heteroatoms. The summed E-state index contributed by atoms with van der Waals surface area (Å²) in [6, 6.07) is 25.6. The van der Waals surface area contributed by atoms with Crippen molar-refractivity contribution in [3.63, 3.8) is 0 Å². The Morgan fingerprint density at radius 3 is 2.22 bits per heavy atom. The highest BCUT2D eigenvalue weighted by Crippen LogP contribution is 2.29. The van der Waals surface area contributed by atoms with Gasteiger partial charge in [0.15, 0.2) is 5.78 Å². The number of carbonyl (C=O) groups excluding carboxylic acids is 2. The van der Waals surface area contributed by atoms with Crippen LogP contribution < -0.4 is 5.01 Å². The number of carbonyl (C=O) groups is 2. The fraction of sp³-hybridized carbons (Fsp3) is 0.0455. The molecule has 1 amide bonds. The van der Waals surface area contributed by atoms with Crippen LogP contribution in [0, 0.1) is 5.92 Å². The molecule has 3 aromatic carbocycles. The molecule has 0 aliphatic carbocycles. The summed E-state index contributed by atoms with van der Waals surface area (Å²) < 4.78 is 0.789. The Hall–Kier alpha value is -3.05. The number of benzene rings is 3. The molecule has 1 aliphatic heterocycles. The number of para-hydroxylation sites is 1. The number of nitrogens with zero attached hydrogens (tertiary/aromatic N) is 2. The van der Waals surface area contributed by atoms with Gasteiger partial charge in [-0.2, -0.15) is 10.1 Å². The van der Waals surface area contributed by atoms with Crippen LogP contribution in [0.3, 0.4) is 0 Å². The molecule has 0 radical (unpaired) electrons. The van der Waals surface area contributed by atoms with E-state index < -0.39 is 5.92 Å². The first-order valence-electron chi connectivity index (χ1n) is 8.48. The van der Waals surface area contributed by atoms with Crippen LogP contribution in [0.25, 0.3) is 0 Å². The van der Waals surface area contributed by atoms with E-state index in [4.69, 9.17) is 0 Å². The fourth-order valence-electron chi connectivity index (χ4n) is 3.09. The highest BCUT2D eigenvalue weighted by molar-refractivity contribution is 9.10. The summed E-state index contributed by atoms with van der Waals surface area (Å²) in [5.74, 6) is -1.57. The van der Waals surface area contributed by atoms with Gasteiger partial charge in [-0.05, 0) is 29.8 Å². The van der Waals surface area contributed by atoms with E-state index in [1.165, 1.54) is 5.01 Å². The first-order chi connectivity index (χ1) is 13.1. The summed E-state index contributed by atoms with van der Waals surface area (Å²) in [6.45, 7) is 0. The molecule has 4 nitrogen and oxygen atoms in total.